The highest BCUT2D eigenvalue weighted by Crippen LogP contribution is 2.14. The summed E-state index contributed by atoms with van der Waals surface area (Å²) < 4.78 is 5.22. The quantitative estimate of drug-likeness (QED) is 0.862. The van der Waals surface area contributed by atoms with Crippen molar-refractivity contribution in [3.8, 4) is 0 Å². The van der Waals surface area contributed by atoms with Gasteiger partial charge in [0.1, 0.15) is 0 Å². The van der Waals surface area contributed by atoms with E-state index in [1.54, 1.807) is 18.4 Å². The lowest BCUT2D eigenvalue weighted by atomic mass is 10.1. The predicted octanol–water partition coefficient (Wildman–Crippen LogP) is 2.92. The van der Waals surface area contributed by atoms with Crippen molar-refractivity contribution in [2.75, 3.05) is 33.3 Å². The molecule has 1 aliphatic rings. The Hall–Kier alpha value is -1.89. The van der Waals surface area contributed by atoms with Crippen molar-refractivity contribution in [3.05, 3.63) is 57.8 Å². The molecule has 1 fully saturated rings. The summed E-state index contributed by atoms with van der Waals surface area (Å²) in [7, 11) is 1.69. The molecule has 0 aliphatic carbocycles. The van der Waals surface area contributed by atoms with Gasteiger partial charge < -0.3 is 15.0 Å². The molecule has 0 unspecified atom stereocenters. The van der Waals surface area contributed by atoms with Crippen LogP contribution >= 0.6 is 11.3 Å². The molecule has 25 heavy (non-hydrogen) atoms. The summed E-state index contributed by atoms with van der Waals surface area (Å²) in [5, 5.41) is 5.15. The minimum Gasteiger partial charge on any atom is -0.380 e. The van der Waals surface area contributed by atoms with E-state index in [0.717, 1.165) is 43.9 Å². The number of amides is 2. The summed E-state index contributed by atoms with van der Waals surface area (Å²) in [5.74, 6) is 0. The SMILES string of the molecule is COCc1ccccc1CNC(=O)N1CCN(Cc2cccs2)CC1. The van der Waals surface area contributed by atoms with Crippen LogP contribution in [-0.4, -0.2) is 49.1 Å². The maximum Gasteiger partial charge on any atom is 0.317 e. The first-order valence-corrected chi connectivity index (χ1v) is 9.47. The molecular formula is C19H25N3O2S. The van der Waals surface area contributed by atoms with Gasteiger partial charge in [-0.05, 0) is 22.6 Å². The average Bonchev–Trinajstić information content (AvgIpc) is 3.15. The molecule has 0 atom stereocenters. The lowest BCUT2D eigenvalue weighted by Gasteiger charge is -2.34. The second kappa shape index (κ2) is 8.99. The molecule has 1 aromatic heterocycles. The van der Waals surface area contributed by atoms with Gasteiger partial charge in [0.15, 0.2) is 0 Å². The molecule has 1 N–H and O–H groups in total. The number of thiophene rings is 1. The number of nitrogens with one attached hydrogen (secondary N) is 1. The van der Waals surface area contributed by atoms with Gasteiger partial charge in [0.2, 0.25) is 0 Å². The largest absolute Gasteiger partial charge is 0.380 e. The fourth-order valence-electron chi connectivity index (χ4n) is 3.04. The fraction of sp³-hybridized carbons (Fsp3) is 0.421. The van der Waals surface area contributed by atoms with Crippen molar-refractivity contribution in [2.24, 2.45) is 0 Å². The van der Waals surface area contributed by atoms with Gasteiger partial charge >= 0.3 is 6.03 Å². The van der Waals surface area contributed by atoms with Gasteiger partial charge in [0.25, 0.3) is 0 Å². The van der Waals surface area contributed by atoms with Crippen LogP contribution < -0.4 is 5.32 Å². The van der Waals surface area contributed by atoms with Crippen molar-refractivity contribution < 1.29 is 9.53 Å². The highest BCUT2D eigenvalue weighted by molar-refractivity contribution is 7.09. The first-order chi connectivity index (χ1) is 12.3. The summed E-state index contributed by atoms with van der Waals surface area (Å²) in [6, 6.07) is 12.3. The number of ether oxygens (including phenoxy) is 1. The Labute approximate surface area is 153 Å². The third-order valence-corrected chi connectivity index (χ3v) is 5.33. The molecule has 5 nitrogen and oxygen atoms in total. The van der Waals surface area contributed by atoms with Crippen LogP contribution in [0.5, 0.6) is 0 Å². The molecule has 3 rings (SSSR count). The average molecular weight is 359 g/mol. The van der Waals surface area contributed by atoms with Gasteiger partial charge in [-0.2, -0.15) is 0 Å². The van der Waals surface area contributed by atoms with Crippen LogP contribution in [0.2, 0.25) is 0 Å². The van der Waals surface area contributed by atoms with Crippen molar-refractivity contribution in [1.82, 2.24) is 15.1 Å². The Morgan fingerprint density at radius 2 is 1.88 bits per heavy atom. The van der Waals surface area contributed by atoms with Gasteiger partial charge in [-0.3, -0.25) is 4.90 Å². The Bertz CT molecular complexity index is 667. The smallest absolute Gasteiger partial charge is 0.317 e. The molecule has 0 saturated carbocycles. The van der Waals surface area contributed by atoms with Crippen molar-refractivity contribution in [2.45, 2.75) is 19.7 Å². The molecule has 2 aromatic rings. The van der Waals surface area contributed by atoms with Crippen LogP contribution in [0.4, 0.5) is 4.79 Å². The summed E-state index contributed by atoms with van der Waals surface area (Å²) in [4.78, 5) is 18.1. The number of carbonyl (C=O) groups excluding carboxylic acids is 1. The van der Waals surface area contributed by atoms with E-state index in [4.69, 9.17) is 4.74 Å². The lowest BCUT2D eigenvalue weighted by Crippen LogP contribution is -2.51. The molecule has 6 heteroatoms. The molecule has 0 bridgehead atoms. The molecule has 1 saturated heterocycles. The van der Waals surface area contributed by atoms with E-state index in [0.29, 0.717) is 13.2 Å². The standard InChI is InChI=1S/C19H25N3O2S/c1-24-15-17-6-3-2-5-16(17)13-20-19(23)22-10-8-21(9-11-22)14-18-7-4-12-25-18/h2-7,12H,8-11,13-15H2,1H3,(H,20,23). The molecule has 2 heterocycles. The maximum absolute atomic E-state index is 12.4. The van der Waals surface area contributed by atoms with E-state index in [2.05, 4.69) is 27.7 Å². The van der Waals surface area contributed by atoms with Gasteiger partial charge in [0, 0.05) is 51.3 Å². The molecule has 2 amide bonds. The summed E-state index contributed by atoms with van der Waals surface area (Å²) >= 11 is 1.79. The molecule has 134 valence electrons. The number of benzene rings is 1. The van der Waals surface area contributed by atoms with Crippen LogP contribution in [0.15, 0.2) is 41.8 Å². The van der Waals surface area contributed by atoms with Crippen LogP contribution in [0.1, 0.15) is 16.0 Å². The number of piperazine rings is 1. The number of hydrogen-bond acceptors (Lipinski definition) is 4. The third kappa shape index (κ3) is 5.04. The second-order valence-electron chi connectivity index (χ2n) is 6.20. The molecule has 0 spiro atoms. The van der Waals surface area contributed by atoms with Gasteiger partial charge in [-0.25, -0.2) is 4.79 Å². The summed E-state index contributed by atoms with van der Waals surface area (Å²) in [6.45, 7) is 5.48. The van der Waals surface area contributed by atoms with E-state index in [9.17, 15) is 4.79 Å². The molecule has 1 aromatic carbocycles. The van der Waals surface area contributed by atoms with Crippen molar-refractivity contribution in [1.29, 1.82) is 0 Å². The Morgan fingerprint density at radius 1 is 1.12 bits per heavy atom. The summed E-state index contributed by atoms with van der Waals surface area (Å²) in [6.07, 6.45) is 0. The number of nitrogens with zero attached hydrogens (tertiary/aromatic N) is 2. The molecule has 0 radical (unpaired) electrons. The molecule has 1 aliphatic heterocycles. The number of methoxy groups -OCH3 is 1. The van der Waals surface area contributed by atoms with E-state index >= 15 is 0 Å². The number of rotatable bonds is 6. The van der Waals surface area contributed by atoms with Crippen LogP contribution in [0, 0.1) is 0 Å². The first-order valence-electron chi connectivity index (χ1n) is 8.59. The lowest BCUT2D eigenvalue weighted by molar-refractivity contribution is 0.135. The second-order valence-corrected chi connectivity index (χ2v) is 7.24. The van der Waals surface area contributed by atoms with Crippen molar-refractivity contribution >= 4 is 17.4 Å². The summed E-state index contributed by atoms with van der Waals surface area (Å²) in [5.41, 5.74) is 2.22. The minimum absolute atomic E-state index is 0.0167. The van der Waals surface area contributed by atoms with Gasteiger partial charge in [-0.15, -0.1) is 11.3 Å². The van der Waals surface area contributed by atoms with Gasteiger partial charge in [0.05, 0.1) is 6.61 Å². The Kier molecular flexibility index (Phi) is 6.44. The third-order valence-electron chi connectivity index (χ3n) is 4.47. The minimum atomic E-state index is 0.0167. The van der Waals surface area contributed by atoms with E-state index < -0.39 is 0 Å². The number of urea groups is 1. The fourth-order valence-corrected chi connectivity index (χ4v) is 3.79. The highest BCUT2D eigenvalue weighted by atomic mass is 32.1. The number of carbonyl (C=O) groups is 1. The zero-order valence-corrected chi connectivity index (χ0v) is 15.4. The molecular weight excluding hydrogens is 334 g/mol. The van der Waals surface area contributed by atoms with E-state index in [-0.39, 0.29) is 6.03 Å². The highest BCUT2D eigenvalue weighted by Gasteiger charge is 2.21. The van der Waals surface area contributed by atoms with E-state index in [1.807, 2.05) is 29.2 Å². The zero-order chi connectivity index (χ0) is 17.5. The monoisotopic (exact) mass is 359 g/mol. The van der Waals surface area contributed by atoms with Crippen LogP contribution in [0.25, 0.3) is 0 Å². The van der Waals surface area contributed by atoms with Crippen LogP contribution in [-0.2, 0) is 24.4 Å². The normalized spacial score (nSPS) is 15.3. The maximum atomic E-state index is 12.4. The predicted molar refractivity (Wildman–Crippen MR) is 101 cm³/mol. The Morgan fingerprint density at radius 3 is 2.56 bits per heavy atom. The van der Waals surface area contributed by atoms with Crippen LogP contribution in [0.3, 0.4) is 0 Å². The topological polar surface area (TPSA) is 44.8 Å². The first kappa shape index (κ1) is 17.9. The zero-order valence-electron chi connectivity index (χ0n) is 14.6. The van der Waals surface area contributed by atoms with E-state index in [1.165, 1.54) is 4.88 Å². The number of hydrogen-bond donors (Lipinski definition) is 1. The van der Waals surface area contributed by atoms with Gasteiger partial charge in [-0.1, -0.05) is 30.3 Å². The van der Waals surface area contributed by atoms with Crippen molar-refractivity contribution in [3.63, 3.8) is 0 Å². The Balaban J connectivity index is 1.45.